The molecule has 1 aliphatic heterocycles. The van der Waals surface area contributed by atoms with E-state index in [0.29, 0.717) is 35.5 Å². The number of phenols is 1. The highest BCUT2D eigenvalue weighted by molar-refractivity contribution is 6.30. The Morgan fingerprint density at radius 3 is 2.50 bits per heavy atom. The van der Waals surface area contributed by atoms with Gasteiger partial charge in [0.2, 0.25) is 0 Å². The molecule has 1 fully saturated rings. The third-order valence-corrected chi connectivity index (χ3v) is 4.02. The molecule has 110 valence electrons. The Balaban J connectivity index is 2.36. The van der Waals surface area contributed by atoms with Crippen molar-refractivity contribution in [1.29, 1.82) is 0 Å². The van der Waals surface area contributed by atoms with Crippen molar-refractivity contribution >= 4 is 17.6 Å². The minimum atomic E-state index is -0.955. The van der Waals surface area contributed by atoms with Gasteiger partial charge >= 0.3 is 5.97 Å². The van der Waals surface area contributed by atoms with E-state index in [1.165, 1.54) is 6.07 Å². The minimum Gasteiger partial charge on any atom is -0.508 e. The zero-order valence-electron chi connectivity index (χ0n) is 11.7. The number of aliphatic carboxylic acids is 1. The van der Waals surface area contributed by atoms with Crippen LogP contribution in [-0.2, 0) is 4.79 Å². The van der Waals surface area contributed by atoms with Crippen LogP contribution in [0.4, 0.5) is 0 Å². The van der Waals surface area contributed by atoms with Crippen LogP contribution in [0.25, 0.3) is 0 Å². The molecule has 0 aromatic heterocycles. The van der Waals surface area contributed by atoms with Gasteiger partial charge in [-0.05, 0) is 36.5 Å². The van der Waals surface area contributed by atoms with Gasteiger partial charge in [0.15, 0.2) is 0 Å². The molecule has 1 aromatic carbocycles. The molecule has 4 nitrogen and oxygen atoms in total. The highest BCUT2D eigenvalue weighted by atomic mass is 35.5. The van der Waals surface area contributed by atoms with Crippen LogP contribution >= 0.6 is 11.6 Å². The molecule has 0 spiro atoms. The molecule has 3 unspecified atom stereocenters. The van der Waals surface area contributed by atoms with Crippen molar-refractivity contribution in [1.82, 2.24) is 4.90 Å². The van der Waals surface area contributed by atoms with E-state index in [1.54, 1.807) is 12.1 Å². The van der Waals surface area contributed by atoms with E-state index < -0.39 is 12.0 Å². The Bertz CT molecular complexity index is 496. The van der Waals surface area contributed by atoms with Crippen LogP contribution in [0.1, 0.15) is 31.9 Å². The van der Waals surface area contributed by atoms with E-state index >= 15 is 0 Å². The van der Waals surface area contributed by atoms with E-state index in [2.05, 4.69) is 13.8 Å². The zero-order chi connectivity index (χ0) is 14.9. The molecule has 1 saturated heterocycles. The van der Waals surface area contributed by atoms with Gasteiger partial charge in [-0.25, -0.2) is 0 Å². The van der Waals surface area contributed by atoms with Crippen molar-refractivity contribution in [3.05, 3.63) is 28.8 Å². The second-order valence-electron chi connectivity index (χ2n) is 5.84. The lowest BCUT2D eigenvalue weighted by Crippen LogP contribution is -2.43. The first-order chi connectivity index (χ1) is 9.38. The molecular formula is C15H20ClNO3. The maximum Gasteiger partial charge on any atom is 0.325 e. The van der Waals surface area contributed by atoms with Gasteiger partial charge in [0.05, 0.1) is 0 Å². The number of carboxylic acid groups (broad SMARTS) is 1. The number of hydrogen-bond donors (Lipinski definition) is 2. The summed E-state index contributed by atoms with van der Waals surface area (Å²) >= 11 is 5.94. The van der Waals surface area contributed by atoms with Crippen molar-refractivity contribution < 1.29 is 15.0 Å². The van der Waals surface area contributed by atoms with Crippen LogP contribution in [-0.4, -0.2) is 34.2 Å². The van der Waals surface area contributed by atoms with Gasteiger partial charge in [0, 0.05) is 23.7 Å². The van der Waals surface area contributed by atoms with Gasteiger partial charge in [-0.15, -0.1) is 0 Å². The number of halogens is 1. The summed E-state index contributed by atoms with van der Waals surface area (Å²) in [6, 6.07) is 3.70. The van der Waals surface area contributed by atoms with E-state index in [-0.39, 0.29) is 5.75 Å². The predicted octanol–water partition coefficient (Wildman–Crippen LogP) is 3.15. The van der Waals surface area contributed by atoms with Gasteiger partial charge in [-0.1, -0.05) is 25.4 Å². The molecule has 0 bridgehead atoms. The van der Waals surface area contributed by atoms with Gasteiger partial charge in [0.1, 0.15) is 11.8 Å². The van der Waals surface area contributed by atoms with Crippen LogP contribution in [0.3, 0.4) is 0 Å². The van der Waals surface area contributed by atoms with E-state index in [0.717, 1.165) is 6.42 Å². The molecule has 0 saturated carbocycles. The summed E-state index contributed by atoms with van der Waals surface area (Å²) in [5.74, 6) is -0.0830. The highest BCUT2D eigenvalue weighted by Gasteiger charge is 2.34. The number of hydrogen-bond acceptors (Lipinski definition) is 3. The lowest BCUT2D eigenvalue weighted by atomic mass is 9.89. The van der Waals surface area contributed by atoms with Gasteiger partial charge in [-0.3, -0.25) is 9.69 Å². The standard InChI is InChI=1S/C15H20ClNO3/c1-9-5-10(2)8-17(7-9)14(15(19)20)12-6-11(16)3-4-13(12)18/h3-4,6,9-10,14,18H,5,7-8H2,1-2H3,(H,19,20). The number of carbonyl (C=O) groups is 1. The third kappa shape index (κ3) is 3.25. The molecule has 2 rings (SSSR count). The highest BCUT2D eigenvalue weighted by Crippen LogP contribution is 2.35. The second kappa shape index (κ2) is 6.02. The molecule has 1 aromatic rings. The van der Waals surface area contributed by atoms with Crippen LogP contribution in [0.2, 0.25) is 5.02 Å². The molecule has 0 amide bonds. The molecule has 1 aliphatic rings. The first-order valence-electron chi connectivity index (χ1n) is 6.83. The van der Waals surface area contributed by atoms with E-state index in [9.17, 15) is 15.0 Å². The van der Waals surface area contributed by atoms with E-state index in [4.69, 9.17) is 11.6 Å². The Hall–Kier alpha value is -1.26. The summed E-state index contributed by atoms with van der Waals surface area (Å²) in [5.41, 5.74) is 0.367. The van der Waals surface area contributed by atoms with Crippen LogP contribution in [0, 0.1) is 11.8 Å². The normalized spacial score (nSPS) is 25.4. The molecule has 20 heavy (non-hydrogen) atoms. The SMILES string of the molecule is CC1CC(C)CN(C(C(=O)O)c2cc(Cl)ccc2O)C1. The number of piperidine rings is 1. The summed E-state index contributed by atoms with van der Waals surface area (Å²) in [6.45, 7) is 5.68. The van der Waals surface area contributed by atoms with Crippen LogP contribution in [0.5, 0.6) is 5.75 Å². The molecule has 2 N–H and O–H groups in total. The average Bonchev–Trinajstić information content (AvgIpc) is 2.32. The van der Waals surface area contributed by atoms with Crippen LogP contribution < -0.4 is 0 Å². The lowest BCUT2D eigenvalue weighted by molar-refractivity contribution is -0.144. The van der Waals surface area contributed by atoms with E-state index in [1.807, 2.05) is 4.90 Å². The van der Waals surface area contributed by atoms with Crippen LogP contribution in [0.15, 0.2) is 18.2 Å². The Morgan fingerprint density at radius 1 is 1.35 bits per heavy atom. The zero-order valence-corrected chi connectivity index (χ0v) is 12.5. The molecule has 1 heterocycles. The summed E-state index contributed by atoms with van der Waals surface area (Å²) in [7, 11) is 0. The number of nitrogens with zero attached hydrogens (tertiary/aromatic N) is 1. The second-order valence-corrected chi connectivity index (χ2v) is 6.28. The lowest BCUT2D eigenvalue weighted by Gasteiger charge is -2.38. The largest absolute Gasteiger partial charge is 0.508 e. The fourth-order valence-electron chi connectivity index (χ4n) is 3.15. The summed E-state index contributed by atoms with van der Waals surface area (Å²) in [4.78, 5) is 13.6. The first kappa shape index (κ1) is 15.1. The van der Waals surface area contributed by atoms with Crippen molar-refractivity contribution in [2.75, 3.05) is 13.1 Å². The Morgan fingerprint density at radius 2 is 1.95 bits per heavy atom. The first-order valence-corrected chi connectivity index (χ1v) is 7.21. The minimum absolute atomic E-state index is 0.0207. The molecule has 5 heteroatoms. The van der Waals surface area contributed by atoms with Crippen molar-refractivity contribution in [3.8, 4) is 5.75 Å². The van der Waals surface area contributed by atoms with Crippen molar-refractivity contribution in [2.45, 2.75) is 26.3 Å². The summed E-state index contributed by atoms with van der Waals surface area (Å²) in [6.07, 6.45) is 1.10. The number of phenolic OH excluding ortho intramolecular Hbond substituents is 1. The average molecular weight is 298 g/mol. The number of benzene rings is 1. The molecule has 3 atom stereocenters. The third-order valence-electron chi connectivity index (χ3n) is 3.78. The maximum absolute atomic E-state index is 11.7. The summed E-state index contributed by atoms with van der Waals surface area (Å²) < 4.78 is 0. The number of carboxylic acids is 1. The topological polar surface area (TPSA) is 60.8 Å². The van der Waals surface area contributed by atoms with Crippen molar-refractivity contribution in [2.24, 2.45) is 11.8 Å². The van der Waals surface area contributed by atoms with Gasteiger partial charge in [0.25, 0.3) is 0 Å². The quantitative estimate of drug-likeness (QED) is 0.900. The number of likely N-dealkylation sites (tertiary alicyclic amines) is 1. The van der Waals surface area contributed by atoms with Gasteiger partial charge < -0.3 is 10.2 Å². The fraction of sp³-hybridized carbons (Fsp3) is 0.533. The Labute approximate surface area is 124 Å². The van der Waals surface area contributed by atoms with Crippen molar-refractivity contribution in [3.63, 3.8) is 0 Å². The van der Waals surface area contributed by atoms with Gasteiger partial charge in [-0.2, -0.15) is 0 Å². The Kier molecular flexibility index (Phi) is 4.55. The smallest absolute Gasteiger partial charge is 0.325 e. The number of aromatic hydroxyl groups is 1. The monoisotopic (exact) mass is 297 g/mol. The molecule has 0 radical (unpaired) electrons. The number of rotatable bonds is 3. The maximum atomic E-state index is 11.7. The predicted molar refractivity (Wildman–Crippen MR) is 78.0 cm³/mol. The summed E-state index contributed by atoms with van der Waals surface area (Å²) in [5, 5.41) is 20.0. The molecular weight excluding hydrogens is 278 g/mol. The fourth-order valence-corrected chi connectivity index (χ4v) is 3.33. The molecule has 0 aliphatic carbocycles.